The Bertz CT molecular complexity index is 1150. The molecule has 28 heavy (non-hydrogen) atoms. The number of fused-ring (bicyclic) bond motifs is 3. The Morgan fingerprint density at radius 3 is 2.14 bits per heavy atom. The Morgan fingerprint density at radius 1 is 0.750 bits per heavy atom. The van der Waals surface area contributed by atoms with Gasteiger partial charge in [-0.05, 0) is 49.1 Å². The Balaban J connectivity index is 0.000000233. The van der Waals surface area contributed by atoms with Gasteiger partial charge in [0.15, 0.2) is 0 Å². The molecule has 1 heterocycles. The van der Waals surface area contributed by atoms with Crippen molar-refractivity contribution < 1.29 is 0 Å². The quantitative estimate of drug-likeness (QED) is 0.358. The average Bonchev–Trinajstić information content (AvgIpc) is 3.23. The second kappa shape index (κ2) is 7.52. The Hall–Kier alpha value is -3.06. The molecule has 1 N–H and O–H groups in total. The van der Waals surface area contributed by atoms with Crippen molar-refractivity contribution in [2.24, 2.45) is 0 Å². The molecule has 0 unspecified atom stereocenters. The van der Waals surface area contributed by atoms with Crippen LogP contribution in [0.15, 0.2) is 72.8 Å². The van der Waals surface area contributed by atoms with E-state index in [1.807, 2.05) is 18.2 Å². The van der Waals surface area contributed by atoms with Crippen molar-refractivity contribution in [3.8, 4) is 11.1 Å². The Kier molecular flexibility index (Phi) is 4.92. The summed E-state index contributed by atoms with van der Waals surface area (Å²) in [5.41, 5.74) is 10.7. The topological polar surface area (TPSA) is 15.8 Å². The number of hydrogen-bond donors (Lipinski definition) is 1. The van der Waals surface area contributed by atoms with E-state index in [0.717, 1.165) is 0 Å². The summed E-state index contributed by atoms with van der Waals surface area (Å²) in [6.45, 7) is 8.74. The third-order valence-electron chi connectivity index (χ3n) is 5.62. The standard InChI is InChI=1S/C20H19N.C7H8/c1-12-6-4-5-7-15(12)19-14(3)8-10-16-18-13(2)9-11-17(18)21-20(16)19;1-7-5-3-2-4-6-7/h4-11,13,21H,1-3H3;2-6H,1H3/t13-;/m0./s1. The summed E-state index contributed by atoms with van der Waals surface area (Å²) in [6.07, 6.45) is 4.49. The average molecular weight is 366 g/mol. The van der Waals surface area contributed by atoms with Crippen LogP contribution in [0.4, 0.5) is 0 Å². The number of rotatable bonds is 1. The largest absolute Gasteiger partial charge is 0.354 e. The fourth-order valence-electron chi connectivity index (χ4n) is 4.10. The number of aromatic amines is 1. The zero-order valence-electron chi connectivity index (χ0n) is 17.1. The van der Waals surface area contributed by atoms with Gasteiger partial charge in [0.2, 0.25) is 0 Å². The molecule has 0 saturated carbocycles. The molecule has 1 aliphatic rings. The molecule has 1 aromatic heterocycles. The third-order valence-corrected chi connectivity index (χ3v) is 5.62. The number of aromatic nitrogens is 1. The zero-order valence-corrected chi connectivity index (χ0v) is 17.1. The van der Waals surface area contributed by atoms with E-state index in [1.54, 1.807) is 0 Å². The van der Waals surface area contributed by atoms with E-state index in [-0.39, 0.29) is 0 Å². The van der Waals surface area contributed by atoms with Gasteiger partial charge in [0.1, 0.15) is 0 Å². The van der Waals surface area contributed by atoms with Crippen LogP contribution in [-0.2, 0) is 0 Å². The fourth-order valence-corrected chi connectivity index (χ4v) is 4.10. The van der Waals surface area contributed by atoms with Crippen molar-refractivity contribution in [3.63, 3.8) is 0 Å². The van der Waals surface area contributed by atoms with Crippen LogP contribution >= 0.6 is 0 Å². The summed E-state index contributed by atoms with van der Waals surface area (Å²) in [5.74, 6) is 0.501. The van der Waals surface area contributed by atoms with Gasteiger partial charge in [-0.15, -0.1) is 0 Å². The molecular formula is C27H27N. The van der Waals surface area contributed by atoms with Crippen molar-refractivity contribution in [3.05, 3.63) is 101 Å². The van der Waals surface area contributed by atoms with Gasteiger partial charge in [-0.3, -0.25) is 0 Å². The Labute approximate surface area is 167 Å². The van der Waals surface area contributed by atoms with Crippen molar-refractivity contribution >= 4 is 17.0 Å². The first kappa shape index (κ1) is 18.3. The van der Waals surface area contributed by atoms with E-state index in [1.165, 1.54) is 50.0 Å². The first-order valence-electron chi connectivity index (χ1n) is 9.97. The highest BCUT2D eigenvalue weighted by Crippen LogP contribution is 2.41. The molecule has 0 bridgehead atoms. The summed E-state index contributed by atoms with van der Waals surface area (Å²) in [7, 11) is 0. The van der Waals surface area contributed by atoms with Crippen molar-refractivity contribution in [2.45, 2.75) is 33.6 Å². The molecule has 1 aliphatic carbocycles. The number of H-pyrrole nitrogens is 1. The van der Waals surface area contributed by atoms with E-state index in [4.69, 9.17) is 0 Å². The summed E-state index contributed by atoms with van der Waals surface area (Å²) < 4.78 is 0. The van der Waals surface area contributed by atoms with Crippen LogP contribution in [0.2, 0.25) is 0 Å². The highest BCUT2D eigenvalue weighted by atomic mass is 14.7. The summed E-state index contributed by atoms with van der Waals surface area (Å²) in [5, 5.41) is 1.37. The molecule has 1 nitrogen and oxygen atoms in total. The van der Waals surface area contributed by atoms with Gasteiger partial charge >= 0.3 is 0 Å². The van der Waals surface area contributed by atoms with Crippen molar-refractivity contribution in [1.29, 1.82) is 0 Å². The molecule has 4 aromatic rings. The monoisotopic (exact) mass is 365 g/mol. The highest BCUT2D eigenvalue weighted by molar-refractivity contribution is 6.01. The molecule has 5 rings (SSSR count). The maximum Gasteiger partial charge on any atom is 0.0544 e. The lowest BCUT2D eigenvalue weighted by Gasteiger charge is -2.12. The van der Waals surface area contributed by atoms with Gasteiger partial charge in [0.05, 0.1) is 5.52 Å². The maximum absolute atomic E-state index is 3.65. The van der Waals surface area contributed by atoms with Crippen LogP contribution in [0.25, 0.3) is 28.1 Å². The van der Waals surface area contributed by atoms with Gasteiger partial charge in [-0.25, -0.2) is 0 Å². The van der Waals surface area contributed by atoms with Gasteiger partial charge in [0.25, 0.3) is 0 Å². The molecule has 0 fully saturated rings. The molecule has 0 aliphatic heterocycles. The number of allylic oxidation sites excluding steroid dienone is 1. The summed E-state index contributed by atoms with van der Waals surface area (Å²) in [6, 6.07) is 23.4. The van der Waals surface area contributed by atoms with Crippen LogP contribution in [0.5, 0.6) is 0 Å². The van der Waals surface area contributed by atoms with E-state index in [9.17, 15) is 0 Å². The SMILES string of the molecule is Cc1ccccc1.Cc1ccccc1-c1c(C)ccc2c3c([nH]c12)C=C[C@@H]3C. The molecule has 0 radical (unpaired) electrons. The lowest BCUT2D eigenvalue weighted by molar-refractivity contribution is 1.00. The molecule has 0 saturated heterocycles. The second-order valence-electron chi connectivity index (χ2n) is 7.75. The third kappa shape index (κ3) is 3.29. The molecular weight excluding hydrogens is 338 g/mol. The van der Waals surface area contributed by atoms with E-state index in [2.05, 4.69) is 93.4 Å². The normalized spacial score (nSPS) is 14.6. The van der Waals surface area contributed by atoms with E-state index >= 15 is 0 Å². The first-order chi connectivity index (χ1) is 13.6. The minimum Gasteiger partial charge on any atom is -0.354 e. The lowest BCUT2D eigenvalue weighted by atomic mass is 9.93. The molecule has 0 amide bonds. The van der Waals surface area contributed by atoms with Gasteiger partial charge < -0.3 is 4.98 Å². The van der Waals surface area contributed by atoms with Crippen molar-refractivity contribution in [2.75, 3.05) is 0 Å². The Morgan fingerprint density at radius 2 is 1.46 bits per heavy atom. The lowest BCUT2D eigenvalue weighted by Crippen LogP contribution is -1.90. The number of hydrogen-bond acceptors (Lipinski definition) is 0. The summed E-state index contributed by atoms with van der Waals surface area (Å²) in [4.78, 5) is 3.65. The minimum absolute atomic E-state index is 0.501. The molecule has 1 atom stereocenters. The highest BCUT2D eigenvalue weighted by Gasteiger charge is 2.21. The maximum atomic E-state index is 3.65. The molecule has 1 heteroatoms. The summed E-state index contributed by atoms with van der Waals surface area (Å²) >= 11 is 0. The van der Waals surface area contributed by atoms with Crippen LogP contribution in [0.1, 0.15) is 40.8 Å². The predicted octanol–water partition coefficient (Wildman–Crippen LogP) is 7.58. The zero-order chi connectivity index (χ0) is 19.7. The molecule has 0 spiro atoms. The van der Waals surface area contributed by atoms with Gasteiger partial charge in [0, 0.05) is 22.6 Å². The fraction of sp³-hybridized carbons (Fsp3) is 0.185. The first-order valence-corrected chi connectivity index (χ1v) is 9.97. The van der Waals surface area contributed by atoms with Crippen LogP contribution in [0, 0.1) is 20.8 Å². The van der Waals surface area contributed by atoms with Gasteiger partial charge in [-0.1, -0.05) is 85.3 Å². The van der Waals surface area contributed by atoms with E-state index < -0.39 is 0 Å². The predicted molar refractivity (Wildman–Crippen MR) is 122 cm³/mol. The van der Waals surface area contributed by atoms with Crippen LogP contribution in [-0.4, -0.2) is 4.98 Å². The number of benzene rings is 3. The second-order valence-corrected chi connectivity index (χ2v) is 7.75. The number of aryl methyl sites for hydroxylation is 3. The van der Waals surface area contributed by atoms with Crippen LogP contribution < -0.4 is 0 Å². The number of nitrogens with one attached hydrogen (secondary N) is 1. The molecule has 3 aromatic carbocycles. The van der Waals surface area contributed by atoms with Crippen LogP contribution in [0.3, 0.4) is 0 Å². The van der Waals surface area contributed by atoms with E-state index in [0.29, 0.717) is 5.92 Å². The minimum atomic E-state index is 0.501. The van der Waals surface area contributed by atoms with Gasteiger partial charge in [-0.2, -0.15) is 0 Å². The smallest absolute Gasteiger partial charge is 0.0544 e. The van der Waals surface area contributed by atoms with Crippen molar-refractivity contribution in [1.82, 2.24) is 4.98 Å². The molecule has 140 valence electrons.